The number of rotatable bonds is 19. The topological polar surface area (TPSA) is 66.8 Å². The second kappa shape index (κ2) is 17.8. The molecule has 0 aromatic rings. The SMILES string of the molecule is CCCCCCCCCCCCCCCCCC(OP(=O)(O)O)C1CCCCC1. The standard InChI is InChI=1S/C24H49O4P/c1-2-3-4-5-6-7-8-9-10-11-12-13-14-15-19-22-24(28-29(25,26)27)23-20-17-16-18-21-23/h23-24H,2-22H2,1H3,(H2,25,26,27). The van der Waals surface area contributed by atoms with Crippen molar-refractivity contribution in [1.29, 1.82) is 0 Å². The Morgan fingerprint density at radius 1 is 0.724 bits per heavy atom. The number of unbranched alkanes of at least 4 members (excludes halogenated alkanes) is 14. The van der Waals surface area contributed by atoms with Crippen LogP contribution in [0.2, 0.25) is 0 Å². The van der Waals surface area contributed by atoms with Crippen molar-refractivity contribution in [1.82, 2.24) is 0 Å². The van der Waals surface area contributed by atoms with Crippen LogP contribution in [0.25, 0.3) is 0 Å². The van der Waals surface area contributed by atoms with Crippen molar-refractivity contribution >= 4 is 7.82 Å². The molecule has 0 radical (unpaired) electrons. The average Bonchev–Trinajstić information content (AvgIpc) is 2.70. The van der Waals surface area contributed by atoms with E-state index in [0.717, 1.165) is 32.1 Å². The van der Waals surface area contributed by atoms with Crippen LogP contribution in [0.5, 0.6) is 0 Å². The van der Waals surface area contributed by atoms with Gasteiger partial charge in [0, 0.05) is 0 Å². The third-order valence-corrected chi connectivity index (χ3v) is 7.09. The minimum atomic E-state index is -4.38. The van der Waals surface area contributed by atoms with Crippen LogP contribution >= 0.6 is 7.82 Å². The monoisotopic (exact) mass is 432 g/mol. The number of phosphoric ester groups is 1. The molecule has 1 unspecified atom stereocenters. The molecule has 2 N–H and O–H groups in total. The van der Waals surface area contributed by atoms with E-state index in [1.54, 1.807) is 0 Å². The van der Waals surface area contributed by atoms with E-state index in [2.05, 4.69) is 6.92 Å². The molecule has 0 spiro atoms. The maximum absolute atomic E-state index is 11.3. The minimum absolute atomic E-state index is 0.252. The first-order valence-corrected chi connectivity index (χ1v) is 14.3. The van der Waals surface area contributed by atoms with Crippen LogP contribution in [0.3, 0.4) is 0 Å². The van der Waals surface area contributed by atoms with Gasteiger partial charge in [-0.3, -0.25) is 4.52 Å². The summed E-state index contributed by atoms with van der Waals surface area (Å²) in [6, 6.07) is 0. The van der Waals surface area contributed by atoms with E-state index in [1.165, 1.54) is 103 Å². The average molecular weight is 433 g/mol. The Bertz CT molecular complexity index is 404. The molecule has 0 aromatic heterocycles. The number of phosphoric acid groups is 1. The Morgan fingerprint density at radius 2 is 1.14 bits per heavy atom. The van der Waals surface area contributed by atoms with E-state index < -0.39 is 7.82 Å². The Morgan fingerprint density at radius 3 is 1.55 bits per heavy atom. The summed E-state index contributed by atoms with van der Waals surface area (Å²) in [4.78, 5) is 18.5. The zero-order chi connectivity index (χ0) is 21.2. The van der Waals surface area contributed by atoms with E-state index in [4.69, 9.17) is 4.52 Å². The second-order valence-electron chi connectivity index (χ2n) is 9.27. The third kappa shape index (κ3) is 16.5. The molecule has 1 rings (SSSR count). The lowest BCUT2D eigenvalue weighted by Gasteiger charge is -2.30. The second-order valence-corrected chi connectivity index (χ2v) is 10.5. The molecule has 5 heteroatoms. The van der Waals surface area contributed by atoms with Crippen LogP contribution in [0.15, 0.2) is 0 Å². The highest BCUT2D eigenvalue weighted by atomic mass is 31.2. The maximum atomic E-state index is 11.3. The van der Waals surface area contributed by atoms with Crippen LogP contribution in [0, 0.1) is 5.92 Å². The van der Waals surface area contributed by atoms with Gasteiger partial charge in [0.25, 0.3) is 0 Å². The van der Waals surface area contributed by atoms with Gasteiger partial charge >= 0.3 is 7.82 Å². The van der Waals surface area contributed by atoms with Gasteiger partial charge in [0.05, 0.1) is 6.10 Å². The highest BCUT2D eigenvalue weighted by molar-refractivity contribution is 7.46. The van der Waals surface area contributed by atoms with Crippen LogP contribution in [0.4, 0.5) is 0 Å². The lowest BCUT2D eigenvalue weighted by molar-refractivity contribution is 0.0631. The fourth-order valence-electron chi connectivity index (χ4n) is 4.77. The number of hydrogen-bond acceptors (Lipinski definition) is 2. The minimum Gasteiger partial charge on any atom is -0.303 e. The van der Waals surface area contributed by atoms with Crippen LogP contribution in [-0.4, -0.2) is 15.9 Å². The fourth-order valence-corrected chi connectivity index (χ4v) is 5.40. The first-order chi connectivity index (χ1) is 14.0. The lowest BCUT2D eigenvalue weighted by Crippen LogP contribution is -2.25. The quantitative estimate of drug-likeness (QED) is 0.159. The first kappa shape index (κ1) is 27.1. The predicted molar refractivity (Wildman–Crippen MR) is 123 cm³/mol. The molecule has 0 heterocycles. The van der Waals surface area contributed by atoms with Crippen molar-refractivity contribution in [2.45, 2.75) is 148 Å². The van der Waals surface area contributed by atoms with Crippen molar-refractivity contribution in [3.05, 3.63) is 0 Å². The van der Waals surface area contributed by atoms with Gasteiger partial charge < -0.3 is 9.79 Å². The van der Waals surface area contributed by atoms with Gasteiger partial charge in [0.2, 0.25) is 0 Å². The third-order valence-electron chi connectivity index (χ3n) is 6.54. The zero-order valence-corrected chi connectivity index (χ0v) is 20.1. The largest absolute Gasteiger partial charge is 0.469 e. The predicted octanol–water partition coefficient (Wildman–Crippen LogP) is 8.31. The van der Waals surface area contributed by atoms with Crippen molar-refractivity contribution in [3.63, 3.8) is 0 Å². The molecule has 4 nitrogen and oxygen atoms in total. The van der Waals surface area contributed by atoms with Crippen molar-refractivity contribution in [3.8, 4) is 0 Å². The zero-order valence-electron chi connectivity index (χ0n) is 19.2. The molecule has 0 bridgehead atoms. The van der Waals surface area contributed by atoms with Gasteiger partial charge in [0.15, 0.2) is 0 Å². The van der Waals surface area contributed by atoms with E-state index in [9.17, 15) is 14.4 Å². The highest BCUT2D eigenvalue weighted by Gasteiger charge is 2.29. The maximum Gasteiger partial charge on any atom is 0.469 e. The molecule has 1 atom stereocenters. The molecule has 0 aliphatic heterocycles. The number of hydrogen-bond donors (Lipinski definition) is 2. The summed E-state index contributed by atoms with van der Waals surface area (Å²) in [7, 11) is -4.38. The summed E-state index contributed by atoms with van der Waals surface area (Å²) < 4.78 is 16.5. The summed E-state index contributed by atoms with van der Waals surface area (Å²) in [6.07, 6.45) is 26.3. The van der Waals surface area contributed by atoms with E-state index in [1.807, 2.05) is 0 Å². The molecule has 0 saturated heterocycles. The Balaban J connectivity index is 1.95. The lowest BCUT2D eigenvalue weighted by atomic mass is 9.83. The summed E-state index contributed by atoms with van der Waals surface area (Å²) in [5.74, 6) is 0.336. The van der Waals surface area contributed by atoms with Crippen molar-refractivity contribution in [2.24, 2.45) is 5.92 Å². The van der Waals surface area contributed by atoms with Crippen LogP contribution < -0.4 is 0 Å². The van der Waals surface area contributed by atoms with Crippen molar-refractivity contribution in [2.75, 3.05) is 0 Å². The molecule has 1 saturated carbocycles. The molecule has 0 aromatic carbocycles. The van der Waals surface area contributed by atoms with Gasteiger partial charge in [-0.2, -0.15) is 0 Å². The molecule has 174 valence electrons. The van der Waals surface area contributed by atoms with Gasteiger partial charge in [-0.15, -0.1) is 0 Å². The van der Waals surface area contributed by atoms with Crippen LogP contribution in [0.1, 0.15) is 142 Å². The Kier molecular flexibility index (Phi) is 16.6. The van der Waals surface area contributed by atoms with E-state index in [0.29, 0.717) is 5.92 Å². The van der Waals surface area contributed by atoms with E-state index in [-0.39, 0.29) is 6.10 Å². The molecule has 1 aliphatic carbocycles. The summed E-state index contributed by atoms with van der Waals surface area (Å²) in [6.45, 7) is 2.27. The molecular formula is C24H49O4P. The summed E-state index contributed by atoms with van der Waals surface area (Å²) in [5.41, 5.74) is 0. The van der Waals surface area contributed by atoms with Crippen molar-refractivity contribution < 1.29 is 18.9 Å². The Labute approximate surface area is 180 Å². The fraction of sp³-hybridized carbons (Fsp3) is 1.00. The summed E-state index contributed by atoms with van der Waals surface area (Å²) >= 11 is 0. The molecular weight excluding hydrogens is 383 g/mol. The van der Waals surface area contributed by atoms with Gasteiger partial charge in [-0.25, -0.2) is 4.57 Å². The normalized spacial score (nSPS) is 16.9. The van der Waals surface area contributed by atoms with Crippen LogP contribution in [-0.2, 0) is 9.09 Å². The molecule has 29 heavy (non-hydrogen) atoms. The molecule has 0 amide bonds. The molecule has 1 aliphatic rings. The highest BCUT2D eigenvalue weighted by Crippen LogP contribution is 2.43. The Hall–Kier alpha value is 0.110. The smallest absolute Gasteiger partial charge is 0.303 e. The first-order valence-electron chi connectivity index (χ1n) is 12.8. The van der Waals surface area contributed by atoms with Gasteiger partial charge in [0.1, 0.15) is 0 Å². The van der Waals surface area contributed by atoms with E-state index >= 15 is 0 Å². The summed E-state index contributed by atoms with van der Waals surface area (Å²) in [5, 5.41) is 0. The van der Waals surface area contributed by atoms with Gasteiger partial charge in [-0.05, 0) is 25.2 Å². The molecule has 1 fully saturated rings. The van der Waals surface area contributed by atoms with Gasteiger partial charge in [-0.1, -0.05) is 122 Å².